The Morgan fingerprint density at radius 3 is 2.49 bits per heavy atom. The summed E-state index contributed by atoms with van der Waals surface area (Å²) in [5.74, 6) is -2.73. The highest BCUT2D eigenvalue weighted by molar-refractivity contribution is 7.80. The lowest BCUT2D eigenvalue weighted by molar-refractivity contribution is 0.0695. The van der Waals surface area contributed by atoms with Crippen LogP contribution in [0.15, 0.2) is 46.5 Å². The van der Waals surface area contributed by atoms with Crippen molar-refractivity contribution in [1.29, 1.82) is 0 Å². The first kappa shape index (κ1) is 27.9. The minimum absolute atomic E-state index is 0.00150. The molecule has 5 rings (SSSR count). The molecule has 12 nitrogen and oxygen atoms in total. The van der Waals surface area contributed by atoms with Crippen LogP contribution in [0.4, 0.5) is 20.2 Å². The number of carbonyl (C=O) groups is 1. The number of halogens is 2. The number of nitroso groups, excluding NO2 is 1. The molecule has 1 aliphatic rings. The molecule has 1 fully saturated rings. The molecule has 0 bridgehead atoms. The summed E-state index contributed by atoms with van der Waals surface area (Å²) in [5.41, 5.74) is 5.23. The number of anilines is 2. The molecule has 41 heavy (non-hydrogen) atoms. The van der Waals surface area contributed by atoms with Crippen molar-refractivity contribution in [1.82, 2.24) is 19.5 Å². The van der Waals surface area contributed by atoms with E-state index in [0.29, 0.717) is 54.8 Å². The van der Waals surface area contributed by atoms with E-state index in [2.05, 4.69) is 16.0 Å². The number of carboxylic acids is 1. The number of aromatic carboxylic acids is 1. The van der Waals surface area contributed by atoms with Gasteiger partial charge in [-0.3, -0.25) is 25.1 Å². The number of aromatic hydroxyl groups is 1. The van der Waals surface area contributed by atoms with Crippen LogP contribution >= 0.6 is 12.2 Å². The number of hydrogen-bond acceptors (Lipinski definition) is 8. The molecule has 0 amide bonds. The Hall–Kier alpha value is -4.63. The van der Waals surface area contributed by atoms with E-state index < -0.39 is 33.7 Å². The zero-order valence-electron chi connectivity index (χ0n) is 21.7. The second kappa shape index (κ2) is 11.1. The molecule has 3 heterocycles. The fourth-order valence-corrected chi connectivity index (χ4v) is 5.16. The van der Waals surface area contributed by atoms with Crippen molar-refractivity contribution in [3.05, 3.63) is 68.9 Å². The normalized spacial score (nSPS) is 14.0. The monoisotopic (exact) mass is 585 g/mol. The van der Waals surface area contributed by atoms with E-state index in [4.69, 9.17) is 12.2 Å². The van der Waals surface area contributed by atoms with Gasteiger partial charge in [-0.2, -0.15) is 0 Å². The summed E-state index contributed by atoms with van der Waals surface area (Å²) < 4.78 is 32.4. The standard InChI is InChI=1S/C26H25F2N7O5S/c1-2-33-12-17(25(38)39)23(36)16-10-18(28)21(11-20(16)33)34-7-5-32(6-8-34)13-35-19-4-3-14(27)9-15(19)22(24(35)37)29-30-26(41)31-40/h3-4,9-12,29,37H,2,5-8,13H2,1H3,(H,30,41)(H,38,39). The van der Waals surface area contributed by atoms with Crippen LogP contribution in [0.25, 0.3) is 21.8 Å². The number of thiocarbonyl (C=S) groups is 1. The van der Waals surface area contributed by atoms with Gasteiger partial charge < -0.3 is 19.7 Å². The molecular formula is C26H25F2N7O5S. The number of benzene rings is 2. The van der Waals surface area contributed by atoms with E-state index in [-0.39, 0.29) is 23.6 Å². The number of rotatable bonds is 7. The predicted octanol–water partition coefficient (Wildman–Crippen LogP) is 3.41. The summed E-state index contributed by atoms with van der Waals surface area (Å²) in [6, 6.07) is 6.69. The van der Waals surface area contributed by atoms with Gasteiger partial charge in [0.2, 0.25) is 11.3 Å². The number of fused-ring (bicyclic) bond motifs is 2. The molecule has 4 N–H and O–H groups in total. The van der Waals surface area contributed by atoms with E-state index in [1.54, 1.807) is 22.1 Å². The first-order valence-electron chi connectivity index (χ1n) is 12.6. The van der Waals surface area contributed by atoms with Gasteiger partial charge in [-0.15, -0.1) is 4.91 Å². The first-order chi connectivity index (χ1) is 19.6. The molecular weight excluding hydrogens is 560 g/mol. The maximum absolute atomic E-state index is 15.2. The number of hydrazine groups is 1. The largest absolute Gasteiger partial charge is 0.493 e. The van der Waals surface area contributed by atoms with E-state index in [1.165, 1.54) is 24.4 Å². The third-order valence-corrected chi connectivity index (χ3v) is 7.33. The minimum atomic E-state index is -1.37. The Labute approximate surface area is 236 Å². The molecule has 1 aliphatic heterocycles. The van der Waals surface area contributed by atoms with Crippen molar-refractivity contribution in [2.45, 2.75) is 20.1 Å². The maximum Gasteiger partial charge on any atom is 0.341 e. The van der Waals surface area contributed by atoms with Gasteiger partial charge in [-0.1, -0.05) is 0 Å². The van der Waals surface area contributed by atoms with Crippen LogP contribution in [0.2, 0.25) is 0 Å². The molecule has 1 saturated heterocycles. The van der Waals surface area contributed by atoms with Crippen molar-refractivity contribution in [2.24, 2.45) is 5.18 Å². The van der Waals surface area contributed by atoms with Crippen molar-refractivity contribution < 1.29 is 23.8 Å². The van der Waals surface area contributed by atoms with Gasteiger partial charge in [0.05, 0.1) is 23.4 Å². The molecule has 4 aromatic rings. The van der Waals surface area contributed by atoms with Gasteiger partial charge in [-0.05, 0) is 49.5 Å². The van der Waals surface area contributed by atoms with Crippen LogP contribution in [0.1, 0.15) is 17.3 Å². The van der Waals surface area contributed by atoms with Gasteiger partial charge in [0, 0.05) is 54.9 Å². The van der Waals surface area contributed by atoms with E-state index in [9.17, 15) is 29.1 Å². The van der Waals surface area contributed by atoms with E-state index in [1.807, 2.05) is 9.80 Å². The van der Waals surface area contributed by atoms with E-state index >= 15 is 4.39 Å². The van der Waals surface area contributed by atoms with Crippen LogP contribution in [-0.4, -0.2) is 61.5 Å². The Balaban J connectivity index is 1.38. The molecule has 2 aromatic carbocycles. The van der Waals surface area contributed by atoms with Gasteiger partial charge in [0.1, 0.15) is 22.9 Å². The van der Waals surface area contributed by atoms with Gasteiger partial charge in [-0.25, -0.2) is 13.6 Å². The number of aromatic nitrogens is 2. The average molecular weight is 586 g/mol. The Kier molecular flexibility index (Phi) is 7.55. The third-order valence-electron chi connectivity index (χ3n) is 7.15. The van der Waals surface area contributed by atoms with Gasteiger partial charge >= 0.3 is 5.97 Å². The molecule has 0 saturated carbocycles. The summed E-state index contributed by atoms with van der Waals surface area (Å²) >= 11 is 4.71. The quantitative estimate of drug-likeness (QED) is 0.145. The lowest BCUT2D eigenvalue weighted by atomic mass is 10.1. The van der Waals surface area contributed by atoms with Crippen LogP contribution < -0.4 is 21.2 Å². The maximum atomic E-state index is 15.2. The second-order valence-electron chi connectivity index (χ2n) is 9.46. The topological polar surface area (TPSA) is 144 Å². The molecule has 214 valence electrons. The first-order valence-corrected chi connectivity index (χ1v) is 13.0. The average Bonchev–Trinajstić information content (AvgIpc) is 3.21. The minimum Gasteiger partial charge on any atom is -0.493 e. The molecule has 0 atom stereocenters. The van der Waals surface area contributed by atoms with Crippen molar-refractivity contribution in [3.8, 4) is 5.88 Å². The van der Waals surface area contributed by atoms with Gasteiger partial charge in [0.15, 0.2) is 0 Å². The number of nitrogens with one attached hydrogen (secondary N) is 2. The summed E-state index contributed by atoms with van der Waals surface area (Å²) in [5, 5.41) is 22.9. The summed E-state index contributed by atoms with van der Waals surface area (Å²) in [7, 11) is 0. The molecule has 0 aliphatic carbocycles. The number of carboxylic acid groups (broad SMARTS) is 1. The third kappa shape index (κ3) is 5.16. The molecule has 0 unspecified atom stereocenters. The fraction of sp³-hybridized carbons (Fsp3) is 0.269. The number of piperazine rings is 1. The summed E-state index contributed by atoms with van der Waals surface area (Å²) in [6.07, 6.45) is 1.27. The Morgan fingerprint density at radius 1 is 1.10 bits per heavy atom. The zero-order valence-corrected chi connectivity index (χ0v) is 22.5. The lowest BCUT2D eigenvalue weighted by Crippen LogP contribution is -2.47. The van der Waals surface area contributed by atoms with E-state index in [0.717, 1.165) is 6.07 Å². The fourth-order valence-electron chi connectivity index (χ4n) is 5.10. The van der Waals surface area contributed by atoms with Crippen molar-refractivity contribution >= 4 is 56.5 Å². The number of hydrogen-bond donors (Lipinski definition) is 4. The second-order valence-corrected chi connectivity index (χ2v) is 9.85. The van der Waals surface area contributed by atoms with Crippen LogP contribution in [-0.2, 0) is 13.2 Å². The number of nitrogens with zero attached hydrogens (tertiary/aromatic N) is 5. The van der Waals surface area contributed by atoms with Crippen molar-refractivity contribution in [3.63, 3.8) is 0 Å². The molecule has 15 heteroatoms. The number of aryl methyl sites for hydroxylation is 1. The Morgan fingerprint density at radius 2 is 1.83 bits per heavy atom. The number of pyridine rings is 1. The highest BCUT2D eigenvalue weighted by Gasteiger charge is 2.25. The Bertz CT molecular complexity index is 1770. The SMILES string of the molecule is CCn1cc(C(=O)O)c(=O)c2cc(F)c(N3CCN(Cn4c(O)c(NNC(=S)N=O)c5cc(F)ccc54)CC3)cc21. The smallest absolute Gasteiger partial charge is 0.341 e. The molecule has 2 aromatic heterocycles. The summed E-state index contributed by atoms with van der Waals surface area (Å²) in [4.78, 5) is 38.6. The van der Waals surface area contributed by atoms with Crippen LogP contribution in [0.5, 0.6) is 5.88 Å². The van der Waals surface area contributed by atoms with Crippen LogP contribution in [0, 0.1) is 16.5 Å². The zero-order chi connectivity index (χ0) is 29.4. The highest BCUT2D eigenvalue weighted by atomic mass is 32.1. The predicted molar refractivity (Wildman–Crippen MR) is 153 cm³/mol. The highest BCUT2D eigenvalue weighted by Crippen LogP contribution is 2.37. The van der Waals surface area contributed by atoms with Crippen molar-refractivity contribution in [2.75, 3.05) is 36.5 Å². The summed E-state index contributed by atoms with van der Waals surface area (Å²) in [6.45, 7) is 4.23. The lowest BCUT2D eigenvalue weighted by Gasteiger charge is -2.36. The molecule has 0 spiro atoms. The van der Waals surface area contributed by atoms with Gasteiger partial charge in [0.25, 0.3) is 5.11 Å². The molecule has 0 radical (unpaired) electrons. The van der Waals surface area contributed by atoms with Crippen LogP contribution in [0.3, 0.4) is 0 Å².